The summed E-state index contributed by atoms with van der Waals surface area (Å²) in [6.45, 7) is 3.62. The van der Waals surface area contributed by atoms with Crippen LogP contribution in [-0.2, 0) is 16.1 Å². The van der Waals surface area contributed by atoms with Gasteiger partial charge in [0.25, 0.3) is 5.91 Å². The lowest BCUT2D eigenvalue weighted by Gasteiger charge is -2.31. The summed E-state index contributed by atoms with van der Waals surface area (Å²) in [5.74, 6) is -1.52. The van der Waals surface area contributed by atoms with Crippen LogP contribution in [0.5, 0.6) is 0 Å². The number of aliphatic carboxylic acids is 1. The van der Waals surface area contributed by atoms with Crippen molar-refractivity contribution in [3.05, 3.63) is 36.0 Å². The summed E-state index contributed by atoms with van der Waals surface area (Å²) in [5.41, 5.74) is 1.59. The number of carbonyl (C=O) groups is 3. The molecule has 1 fully saturated rings. The van der Waals surface area contributed by atoms with Gasteiger partial charge >= 0.3 is 5.97 Å². The highest BCUT2D eigenvalue weighted by molar-refractivity contribution is 6.07. The van der Waals surface area contributed by atoms with Crippen LogP contribution < -0.4 is 0 Å². The number of amides is 2. The lowest BCUT2D eigenvalue weighted by Crippen LogP contribution is -2.45. The van der Waals surface area contributed by atoms with Gasteiger partial charge in [-0.05, 0) is 25.8 Å². The number of hydrogen-bond donors (Lipinski definition) is 1. The molecule has 1 aliphatic heterocycles. The van der Waals surface area contributed by atoms with Crippen molar-refractivity contribution >= 4 is 28.7 Å². The van der Waals surface area contributed by atoms with Crippen molar-refractivity contribution < 1.29 is 19.5 Å². The molecule has 2 heterocycles. The predicted molar refractivity (Wildman–Crippen MR) is 102 cm³/mol. The van der Waals surface area contributed by atoms with Crippen molar-refractivity contribution in [1.82, 2.24) is 14.4 Å². The molecule has 3 rings (SSSR count). The van der Waals surface area contributed by atoms with E-state index in [0.717, 1.165) is 17.4 Å². The number of carbonyl (C=O) groups excluding carboxylic acids is 2. The Hall–Kier alpha value is -2.83. The van der Waals surface area contributed by atoms with Crippen LogP contribution in [0.15, 0.2) is 30.5 Å². The number of likely N-dealkylation sites (tertiary alicyclic amines) is 1. The number of likely N-dealkylation sites (N-methyl/N-ethyl adjacent to an activating group) is 1. The Morgan fingerprint density at radius 1 is 1.19 bits per heavy atom. The Kier molecular flexibility index (Phi) is 5.48. The quantitative estimate of drug-likeness (QED) is 0.872. The Labute approximate surface area is 158 Å². The minimum absolute atomic E-state index is 0.0117. The predicted octanol–water partition coefficient (Wildman–Crippen LogP) is 2.06. The Balaban J connectivity index is 1.68. The molecule has 7 heteroatoms. The van der Waals surface area contributed by atoms with E-state index >= 15 is 0 Å². The molecule has 1 aliphatic rings. The van der Waals surface area contributed by atoms with Gasteiger partial charge in [0.1, 0.15) is 0 Å². The maximum absolute atomic E-state index is 12.9. The molecular formula is C20H25N3O4. The van der Waals surface area contributed by atoms with E-state index in [0.29, 0.717) is 31.5 Å². The van der Waals surface area contributed by atoms with Gasteiger partial charge in [-0.15, -0.1) is 0 Å². The van der Waals surface area contributed by atoms with Crippen molar-refractivity contribution in [3.8, 4) is 0 Å². The molecule has 1 saturated heterocycles. The summed E-state index contributed by atoms with van der Waals surface area (Å²) in [7, 11) is 1.63. The number of para-hydroxylation sites is 1. The molecular weight excluding hydrogens is 346 g/mol. The first-order valence-corrected chi connectivity index (χ1v) is 9.26. The van der Waals surface area contributed by atoms with Crippen LogP contribution in [0.3, 0.4) is 0 Å². The second-order valence-corrected chi connectivity index (χ2v) is 7.00. The van der Waals surface area contributed by atoms with Gasteiger partial charge in [0, 0.05) is 43.8 Å². The van der Waals surface area contributed by atoms with E-state index < -0.39 is 5.97 Å². The molecule has 0 spiro atoms. The molecule has 0 bridgehead atoms. The second kappa shape index (κ2) is 7.82. The zero-order chi connectivity index (χ0) is 19.6. The Bertz CT molecular complexity index is 865. The van der Waals surface area contributed by atoms with E-state index in [2.05, 4.69) is 0 Å². The first kappa shape index (κ1) is 18.9. The number of piperidine rings is 1. The van der Waals surface area contributed by atoms with Crippen molar-refractivity contribution in [2.24, 2.45) is 5.92 Å². The number of rotatable bonds is 5. The lowest BCUT2D eigenvalue weighted by atomic mass is 9.97. The van der Waals surface area contributed by atoms with Crippen LogP contribution in [0, 0.1) is 5.92 Å². The number of fused-ring (bicyclic) bond motifs is 1. The normalized spacial score (nSPS) is 15.1. The van der Waals surface area contributed by atoms with Gasteiger partial charge in [0.2, 0.25) is 5.91 Å². The van der Waals surface area contributed by atoms with E-state index in [1.54, 1.807) is 11.9 Å². The van der Waals surface area contributed by atoms with Crippen LogP contribution in [0.4, 0.5) is 0 Å². The van der Waals surface area contributed by atoms with Gasteiger partial charge in [-0.25, -0.2) is 0 Å². The first-order chi connectivity index (χ1) is 12.9. The van der Waals surface area contributed by atoms with Crippen LogP contribution in [0.2, 0.25) is 0 Å². The third kappa shape index (κ3) is 3.82. The molecule has 2 amide bonds. The van der Waals surface area contributed by atoms with Gasteiger partial charge in [0.05, 0.1) is 18.0 Å². The molecule has 0 radical (unpaired) electrons. The van der Waals surface area contributed by atoms with Gasteiger partial charge < -0.3 is 19.5 Å². The van der Waals surface area contributed by atoms with E-state index in [1.807, 2.05) is 42.0 Å². The number of aromatic nitrogens is 1. The molecule has 2 aromatic rings. The fraction of sp³-hybridized carbons (Fsp3) is 0.450. The molecule has 1 aromatic carbocycles. The number of carboxylic acid groups (broad SMARTS) is 1. The van der Waals surface area contributed by atoms with Crippen molar-refractivity contribution in [3.63, 3.8) is 0 Å². The minimum atomic E-state index is -0.804. The third-order valence-corrected chi connectivity index (χ3v) is 5.28. The third-order valence-electron chi connectivity index (χ3n) is 5.28. The number of carboxylic acids is 1. The van der Waals surface area contributed by atoms with E-state index in [1.165, 1.54) is 4.90 Å². The topological polar surface area (TPSA) is 82.9 Å². The van der Waals surface area contributed by atoms with Gasteiger partial charge in [-0.2, -0.15) is 0 Å². The maximum Gasteiger partial charge on any atom is 0.306 e. The van der Waals surface area contributed by atoms with Crippen LogP contribution in [-0.4, -0.2) is 63.9 Å². The molecule has 1 aromatic heterocycles. The summed E-state index contributed by atoms with van der Waals surface area (Å²) in [6, 6.07) is 7.74. The minimum Gasteiger partial charge on any atom is -0.481 e. The summed E-state index contributed by atoms with van der Waals surface area (Å²) >= 11 is 0. The molecule has 0 atom stereocenters. The maximum atomic E-state index is 12.9. The van der Waals surface area contributed by atoms with Gasteiger partial charge in [0.15, 0.2) is 0 Å². The monoisotopic (exact) mass is 371 g/mol. The zero-order valence-corrected chi connectivity index (χ0v) is 15.7. The zero-order valence-electron chi connectivity index (χ0n) is 15.7. The summed E-state index contributed by atoms with van der Waals surface area (Å²) in [4.78, 5) is 39.6. The van der Waals surface area contributed by atoms with Crippen molar-refractivity contribution in [1.29, 1.82) is 0 Å². The average molecular weight is 371 g/mol. The molecule has 27 heavy (non-hydrogen) atoms. The van der Waals surface area contributed by atoms with E-state index in [-0.39, 0.29) is 24.3 Å². The van der Waals surface area contributed by atoms with Gasteiger partial charge in [-0.3, -0.25) is 14.4 Å². The molecule has 0 saturated carbocycles. The molecule has 0 aliphatic carbocycles. The Morgan fingerprint density at radius 3 is 2.48 bits per heavy atom. The fourth-order valence-electron chi connectivity index (χ4n) is 3.63. The number of benzene rings is 1. The summed E-state index contributed by atoms with van der Waals surface area (Å²) in [6.07, 6.45) is 2.76. The van der Waals surface area contributed by atoms with E-state index in [9.17, 15) is 14.4 Å². The van der Waals surface area contributed by atoms with Crippen LogP contribution in [0.25, 0.3) is 10.9 Å². The number of aryl methyl sites for hydroxylation is 1. The van der Waals surface area contributed by atoms with Gasteiger partial charge in [-0.1, -0.05) is 18.2 Å². The highest BCUT2D eigenvalue weighted by atomic mass is 16.4. The highest BCUT2D eigenvalue weighted by Crippen LogP contribution is 2.23. The highest BCUT2D eigenvalue weighted by Gasteiger charge is 2.28. The van der Waals surface area contributed by atoms with Crippen LogP contribution in [0.1, 0.15) is 30.1 Å². The number of nitrogens with zero attached hydrogens (tertiary/aromatic N) is 3. The molecule has 144 valence electrons. The standard InChI is InChI=1S/C20H25N3O4/c1-3-22-12-16(15-6-4-5-7-17(15)22)19(25)21(2)13-18(24)23-10-8-14(9-11-23)20(26)27/h4-7,12,14H,3,8-11,13H2,1-2H3,(H,26,27). The first-order valence-electron chi connectivity index (χ1n) is 9.26. The summed E-state index contributed by atoms with van der Waals surface area (Å²) < 4.78 is 2.02. The molecule has 0 unspecified atom stereocenters. The average Bonchev–Trinajstić information content (AvgIpc) is 3.06. The smallest absolute Gasteiger partial charge is 0.306 e. The summed E-state index contributed by atoms with van der Waals surface area (Å²) in [5, 5.41) is 9.94. The van der Waals surface area contributed by atoms with Crippen molar-refractivity contribution in [2.45, 2.75) is 26.3 Å². The SMILES string of the molecule is CCn1cc(C(=O)N(C)CC(=O)N2CCC(C(=O)O)CC2)c2ccccc21. The Morgan fingerprint density at radius 2 is 1.85 bits per heavy atom. The fourth-order valence-corrected chi connectivity index (χ4v) is 3.63. The second-order valence-electron chi connectivity index (χ2n) is 7.00. The molecule has 1 N–H and O–H groups in total. The van der Waals surface area contributed by atoms with Crippen molar-refractivity contribution in [2.75, 3.05) is 26.7 Å². The number of hydrogen-bond acceptors (Lipinski definition) is 3. The lowest BCUT2D eigenvalue weighted by molar-refractivity contribution is -0.145. The largest absolute Gasteiger partial charge is 0.481 e. The molecule has 7 nitrogen and oxygen atoms in total. The van der Waals surface area contributed by atoms with Crippen LogP contribution >= 0.6 is 0 Å². The van der Waals surface area contributed by atoms with E-state index in [4.69, 9.17) is 5.11 Å².